The molecular formula is C32H31N7O3. The van der Waals surface area contributed by atoms with Gasteiger partial charge in [0.25, 0.3) is 0 Å². The van der Waals surface area contributed by atoms with E-state index in [1.807, 2.05) is 38.2 Å². The highest BCUT2D eigenvalue weighted by Gasteiger charge is 2.27. The number of nitrogens with one attached hydrogen (secondary N) is 2. The van der Waals surface area contributed by atoms with Crippen molar-refractivity contribution < 1.29 is 14.3 Å². The van der Waals surface area contributed by atoms with Gasteiger partial charge in [0.2, 0.25) is 5.78 Å². The van der Waals surface area contributed by atoms with Crippen LogP contribution in [0.15, 0.2) is 55.0 Å². The fourth-order valence-electron chi connectivity index (χ4n) is 5.25. The Hall–Kier alpha value is -5.01. The first kappa shape index (κ1) is 27.2. The Morgan fingerprint density at radius 3 is 2.64 bits per heavy atom. The number of fused-ring (bicyclic) bond motifs is 2. The SMILES string of the molecule is C#Cc1ccc(C(=O)c2nc3nc(N4CCC(OC(=O)C(N)C(C)C)CC4)ccc3[nH]2)cc1-c1cncc2[nH]ccc12. The summed E-state index contributed by atoms with van der Waals surface area (Å²) in [4.78, 5) is 47.8. The predicted molar refractivity (Wildman–Crippen MR) is 161 cm³/mol. The standard InChI is InChI=1S/C32H31N7O3/c1-4-19-5-6-20(15-23(19)24-16-34-17-26-22(24)9-12-35-26)29(40)31-36-25-7-8-27(37-30(25)38-31)39-13-10-21(11-14-39)42-32(41)28(33)18(2)3/h1,5-9,12,15-18,21,28,35H,10-11,13-14,33H2,2-3H3,(H,36,37,38). The van der Waals surface area contributed by atoms with Crippen molar-refractivity contribution in [3.8, 4) is 23.5 Å². The van der Waals surface area contributed by atoms with E-state index in [4.69, 9.17) is 21.9 Å². The minimum atomic E-state index is -0.615. The van der Waals surface area contributed by atoms with Crippen LogP contribution >= 0.6 is 0 Å². The van der Waals surface area contributed by atoms with E-state index in [0.717, 1.165) is 27.8 Å². The molecule has 1 saturated heterocycles. The Labute approximate surface area is 242 Å². The quantitative estimate of drug-likeness (QED) is 0.152. The van der Waals surface area contributed by atoms with E-state index in [2.05, 4.69) is 30.8 Å². The van der Waals surface area contributed by atoms with Gasteiger partial charge in [-0.2, -0.15) is 0 Å². The molecule has 0 bridgehead atoms. The Morgan fingerprint density at radius 1 is 1.07 bits per heavy atom. The van der Waals surface area contributed by atoms with Crippen LogP contribution < -0.4 is 10.6 Å². The highest BCUT2D eigenvalue weighted by Crippen LogP contribution is 2.31. The van der Waals surface area contributed by atoms with Crippen LogP contribution in [0.2, 0.25) is 0 Å². The number of ether oxygens (including phenoxy) is 1. The monoisotopic (exact) mass is 561 g/mol. The molecule has 4 aromatic heterocycles. The van der Waals surface area contributed by atoms with E-state index in [0.29, 0.717) is 48.2 Å². The highest BCUT2D eigenvalue weighted by molar-refractivity contribution is 6.09. The molecule has 0 radical (unpaired) electrons. The van der Waals surface area contributed by atoms with E-state index in [-0.39, 0.29) is 29.6 Å². The number of carbonyl (C=O) groups is 2. The summed E-state index contributed by atoms with van der Waals surface area (Å²) in [5.41, 5.74) is 10.6. The van der Waals surface area contributed by atoms with Gasteiger partial charge in [-0.3, -0.25) is 14.6 Å². The molecule has 1 fully saturated rings. The average molecular weight is 562 g/mol. The van der Waals surface area contributed by atoms with Crippen molar-refractivity contribution in [1.29, 1.82) is 0 Å². The van der Waals surface area contributed by atoms with Crippen LogP contribution in [-0.4, -0.2) is 61.9 Å². The first-order valence-electron chi connectivity index (χ1n) is 14.0. The number of imidazole rings is 1. The summed E-state index contributed by atoms with van der Waals surface area (Å²) in [5, 5.41) is 0.966. The number of pyridine rings is 2. The zero-order chi connectivity index (χ0) is 29.4. The molecule has 4 N–H and O–H groups in total. The second-order valence-electron chi connectivity index (χ2n) is 10.9. The molecule has 1 atom stereocenters. The summed E-state index contributed by atoms with van der Waals surface area (Å²) in [5.74, 6) is 3.08. The number of hydrogen-bond donors (Lipinski definition) is 3. The van der Waals surface area contributed by atoms with Gasteiger partial charge >= 0.3 is 5.97 Å². The highest BCUT2D eigenvalue weighted by atomic mass is 16.5. The van der Waals surface area contributed by atoms with Crippen LogP contribution in [0.3, 0.4) is 0 Å². The van der Waals surface area contributed by atoms with Gasteiger partial charge in [0.05, 0.1) is 17.2 Å². The van der Waals surface area contributed by atoms with Gasteiger partial charge in [0.15, 0.2) is 11.5 Å². The third kappa shape index (κ3) is 5.10. The number of H-pyrrole nitrogens is 2. The third-order valence-corrected chi connectivity index (χ3v) is 7.79. The zero-order valence-electron chi connectivity index (χ0n) is 23.4. The number of aromatic nitrogens is 5. The topological polar surface area (TPSA) is 143 Å². The first-order valence-corrected chi connectivity index (χ1v) is 14.0. The van der Waals surface area contributed by atoms with Crippen LogP contribution in [0.4, 0.5) is 5.82 Å². The smallest absolute Gasteiger partial charge is 0.323 e. The van der Waals surface area contributed by atoms with E-state index in [1.165, 1.54) is 0 Å². The number of rotatable bonds is 7. The first-order chi connectivity index (χ1) is 20.3. The molecule has 0 saturated carbocycles. The Balaban J connectivity index is 1.20. The van der Waals surface area contributed by atoms with Gasteiger partial charge in [0, 0.05) is 66.0 Å². The van der Waals surface area contributed by atoms with Gasteiger partial charge in [-0.1, -0.05) is 19.8 Å². The molecule has 1 unspecified atom stereocenters. The maximum absolute atomic E-state index is 13.6. The number of carbonyl (C=O) groups excluding carboxylic acids is 2. The molecular weight excluding hydrogens is 530 g/mol. The number of nitrogens with two attached hydrogens (primary N) is 1. The van der Waals surface area contributed by atoms with Crippen LogP contribution in [0, 0.1) is 18.3 Å². The van der Waals surface area contributed by atoms with E-state index in [9.17, 15) is 9.59 Å². The number of benzene rings is 1. The summed E-state index contributed by atoms with van der Waals surface area (Å²) in [6.07, 6.45) is 12.3. The van der Waals surface area contributed by atoms with Crippen molar-refractivity contribution in [2.75, 3.05) is 18.0 Å². The molecule has 212 valence electrons. The molecule has 1 aliphatic heterocycles. The fraction of sp³-hybridized carbons (Fsp3) is 0.281. The zero-order valence-corrected chi connectivity index (χ0v) is 23.4. The van der Waals surface area contributed by atoms with Crippen LogP contribution in [0.25, 0.3) is 33.2 Å². The summed E-state index contributed by atoms with van der Waals surface area (Å²) in [6, 6.07) is 10.4. The number of piperidine rings is 1. The van der Waals surface area contributed by atoms with Crippen molar-refractivity contribution in [1.82, 2.24) is 24.9 Å². The van der Waals surface area contributed by atoms with E-state index >= 15 is 0 Å². The van der Waals surface area contributed by atoms with Gasteiger partial charge in [-0.15, -0.1) is 6.42 Å². The van der Waals surface area contributed by atoms with Crippen molar-refractivity contribution in [3.05, 3.63) is 71.9 Å². The molecule has 10 nitrogen and oxygen atoms in total. The lowest BCUT2D eigenvalue weighted by Gasteiger charge is -2.33. The molecule has 1 aliphatic rings. The molecule has 0 amide bonds. The number of aromatic amines is 2. The Bertz CT molecular complexity index is 1840. The maximum Gasteiger partial charge on any atom is 0.323 e. The van der Waals surface area contributed by atoms with Gasteiger partial charge in [-0.25, -0.2) is 9.97 Å². The lowest BCUT2D eigenvalue weighted by molar-refractivity contribution is -0.152. The third-order valence-electron chi connectivity index (χ3n) is 7.79. The van der Waals surface area contributed by atoms with Crippen LogP contribution in [0.1, 0.15) is 48.4 Å². The van der Waals surface area contributed by atoms with Crippen LogP contribution in [-0.2, 0) is 9.53 Å². The summed E-state index contributed by atoms with van der Waals surface area (Å²) in [7, 11) is 0. The van der Waals surface area contributed by atoms with E-state index < -0.39 is 6.04 Å². The average Bonchev–Trinajstić information content (AvgIpc) is 3.67. The maximum atomic E-state index is 13.6. The number of anilines is 1. The second kappa shape index (κ2) is 11.1. The molecule has 1 aromatic carbocycles. The lowest BCUT2D eigenvalue weighted by atomic mass is 9.95. The van der Waals surface area contributed by atoms with Gasteiger partial charge in [0.1, 0.15) is 18.0 Å². The number of terminal acetylenes is 1. The summed E-state index contributed by atoms with van der Waals surface area (Å²) < 4.78 is 5.63. The lowest BCUT2D eigenvalue weighted by Crippen LogP contribution is -2.43. The van der Waals surface area contributed by atoms with Gasteiger partial charge in [-0.05, 0) is 42.3 Å². The van der Waals surface area contributed by atoms with Crippen molar-refractivity contribution in [3.63, 3.8) is 0 Å². The van der Waals surface area contributed by atoms with Crippen LogP contribution in [0.5, 0.6) is 0 Å². The Kier molecular flexibility index (Phi) is 7.19. The van der Waals surface area contributed by atoms with Gasteiger partial charge < -0.3 is 25.3 Å². The van der Waals surface area contributed by atoms with Crippen molar-refractivity contribution >= 4 is 39.6 Å². The minimum absolute atomic E-state index is 0.0280. The van der Waals surface area contributed by atoms with E-state index in [1.54, 1.807) is 30.6 Å². The predicted octanol–water partition coefficient (Wildman–Crippen LogP) is 4.21. The minimum Gasteiger partial charge on any atom is -0.461 e. The fourth-order valence-corrected chi connectivity index (χ4v) is 5.25. The number of ketones is 1. The molecule has 6 rings (SSSR count). The number of nitrogens with zero attached hydrogens (tertiary/aromatic N) is 4. The largest absolute Gasteiger partial charge is 0.461 e. The molecule has 5 heterocycles. The van der Waals surface area contributed by atoms with Crippen molar-refractivity contribution in [2.24, 2.45) is 11.7 Å². The number of esters is 1. The second-order valence-corrected chi connectivity index (χ2v) is 10.9. The molecule has 10 heteroatoms. The normalized spacial score (nSPS) is 14.8. The summed E-state index contributed by atoms with van der Waals surface area (Å²) in [6.45, 7) is 5.16. The number of hydrogen-bond acceptors (Lipinski definition) is 8. The molecule has 42 heavy (non-hydrogen) atoms. The van der Waals surface area contributed by atoms with Crippen molar-refractivity contribution in [2.45, 2.75) is 38.8 Å². The Morgan fingerprint density at radius 2 is 1.88 bits per heavy atom. The molecule has 0 aliphatic carbocycles. The molecule has 0 spiro atoms. The summed E-state index contributed by atoms with van der Waals surface area (Å²) >= 11 is 0. The molecule has 5 aromatic rings.